The zero-order chi connectivity index (χ0) is 17.4. The van der Waals surface area contributed by atoms with Crippen molar-refractivity contribution in [1.29, 1.82) is 0 Å². The Morgan fingerprint density at radius 1 is 1.40 bits per heavy atom. The van der Waals surface area contributed by atoms with Crippen molar-refractivity contribution in [3.63, 3.8) is 0 Å². The number of amides is 1. The zero-order valence-electron chi connectivity index (χ0n) is 13.4. The highest BCUT2D eigenvalue weighted by atomic mass is 35.5. The van der Waals surface area contributed by atoms with Crippen molar-refractivity contribution in [3.05, 3.63) is 29.5 Å². The number of aromatic nitrogens is 5. The molecule has 3 heterocycles. The Bertz CT molecular complexity index is 906. The fourth-order valence-electron chi connectivity index (χ4n) is 3.05. The number of likely N-dealkylation sites (N-methyl/N-ethyl adjacent to an activating group) is 1. The first-order valence-corrected chi connectivity index (χ1v) is 8.96. The lowest BCUT2D eigenvalue weighted by atomic mass is 9.88. The van der Waals surface area contributed by atoms with Crippen LogP contribution in [0.3, 0.4) is 0 Å². The maximum absolute atomic E-state index is 13.4. The molecule has 0 spiro atoms. The summed E-state index contributed by atoms with van der Waals surface area (Å²) in [4.78, 5) is 19.5. The van der Waals surface area contributed by atoms with Crippen molar-refractivity contribution in [1.82, 2.24) is 25.2 Å². The van der Waals surface area contributed by atoms with Crippen LogP contribution in [-0.2, 0) is 15.1 Å². The number of rotatable bonds is 3. The van der Waals surface area contributed by atoms with E-state index in [0.29, 0.717) is 41.7 Å². The van der Waals surface area contributed by atoms with Crippen molar-refractivity contribution < 1.29 is 9.53 Å². The smallest absolute Gasteiger partial charge is 0.256 e. The highest BCUT2D eigenvalue weighted by Crippen LogP contribution is 2.36. The van der Waals surface area contributed by atoms with Gasteiger partial charge in [0.05, 0.1) is 9.72 Å². The summed E-state index contributed by atoms with van der Waals surface area (Å²) >= 11 is 7.63. The molecular weight excluding hydrogens is 364 g/mol. The number of ether oxygens (including phenoxy) is 1. The van der Waals surface area contributed by atoms with E-state index in [2.05, 4.69) is 20.5 Å². The molecule has 130 valence electrons. The van der Waals surface area contributed by atoms with Crippen LogP contribution in [0.5, 0.6) is 0 Å². The summed E-state index contributed by atoms with van der Waals surface area (Å²) in [5.74, 6) is -0.113. The van der Waals surface area contributed by atoms with E-state index >= 15 is 0 Å². The van der Waals surface area contributed by atoms with E-state index in [1.54, 1.807) is 18.0 Å². The summed E-state index contributed by atoms with van der Waals surface area (Å²) in [7, 11) is 1.72. The third-order valence-electron chi connectivity index (χ3n) is 4.46. The number of tetrazole rings is 1. The number of carbonyl (C=O) groups excluding carboxylic acids is 1. The largest absolute Gasteiger partial charge is 0.381 e. The molecule has 25 heavy (non-hydrogen) atoms. The lowest BCUT2D eigenvalue weighted by molar-refractivity contribution is -0.132. The summed E-state index contributed by atoms with van der Waals surface area (Å²) in [6, 6.07) is 5.60. The van der Waals surface area contributed by atoms with Crippen molar-refractivity contribution in [2.45, 2.75) is 18.4 Å². The van der Waals surface area contributed by atoms with Gasteiger partial charge in [0.15, 0.2) is 5.13 Å². The highest BCUT2D eigenvalue weighted by Gasteiger charge is 2.45. The molecule has 0 aliphatic carbocycles. The van der Waals surface area contributed by atoms with E-state index in [9.17, 15) is 4.79 Å². The minimum Gasteiger partial charge on any atom is -0.381 e. The second-order valence-electron chi connectivity index (χ2n) is 5.85. The van der Waals surface area contributed by atoms with E-state index in [1.807, 2.05) is 12.1 Å². The average Bonchev–Trinajstić information content (AvgIpc) is 3.31. The molecule has 10 heteroatoms. The van der Waals surface area contributed by atoms with Crippen LogP contribution in [-0.4, -0.2) is 51.4 Å². The Labute approximate surface area is 152 Å². The predicted molar refractivity (Wildman–Crippen MR) is 93.9 cm³/mol. The fourth-order valence-corrected chi connectivity index (χ4v) is 4.28. The van der Waals surface area contributed by atoms with Gasteiger partial charge >= 0.3 is 0 Å². The van der Waals surface area contributed by atoms with Crippen LogP contribution in [0.1, 0.15) is 12.8 Å². The average molecular weight is 379 g/mol. The third-order valence-corrected chi connectivity index (χ3v) is 5.86. The van der Waals surface area contributed by atoms with E-state index in [0.717, 1.165) is 4.70 Å². The number of thiazole rings is 1. The standard InChI is InChI=1S/C15H15ClN6O2S/c1-21(14-18-12-10(16)3-2-4-11(12)25-14)13(23)15(5-7-24-8-6-15)22-9-17-19-20-22/h2-4,9H,5-8H2,1H3. The first-order chi connectivity index (χ1) is 12.1. The molecular formula is C15H15ClN6O2S. The van der Waals surface area contributed by atoms with Gasteiger partial charge in [0.25, 0.3) is 5.91 Å². The van der Waals surface area contributed by atoms with Gasteiger partial charge in [-0.25, -0.2) is 9.67 Å². The number of nitrogens with zero attached hydrogens (tertiary/aromatic N) is 6. The molecule has 0 N–H and O–H groups in total. The molecule has 0 radical (unpaired) electrons. The molecule has 1 saturated heterocycles. The van der Waals surface area contributed by atoms with Gasteiger partial charge < -0.3 is 4.74 Å². The van der Waals surface area contributed by atoms with Crippen LogP contribution < -0.4 is 4.90 Å². The van der Waals surface area contributed by atoms with Crippen LogP contribution in [0.2, 0.25) is 5.02 Å². The predicted octanol–water partition coefficient (Wildman–Crippen LogP) is 2.10. The molecule has 3 aromatic rings. The first kappa shape index (κ1) is 16.4. The van der Waals surface area contributed by atoms with Gasteiger partial charge in [-0.1, -0.05) is 29.0 Å². The lowest BCUT2D eigenvalue weighted by Gasteiger charge is -2.37. The van der Waals surface area contributed by atoms with Gasteiger partial charge in [-0.15, -0.1) is 5.10 Å². The van der Waals surface area contributed by atoms with Crippen molar-refractivity contribution in [3.8, 4) is 0 Å². The second kappa shape index (κ2) is 6.32. The Balaban J connectivity index is 1.73. The maximum atomic E-state index is 13.4. The Kier molecular flexibility index (Phi) is 4.14. The van der Waals surface area contributed by atoms with Gasteiger partial charge in [-0.05, 0) is 22.6 Å². The van der Waals surface area contributed by atoms with Crippen LogP contribution >= 0.6 is 22.9 Å². The van der Waals surface area contributed by atoms with Gasteiger partial charge in [-0.2, -0.15) is 0 Å². The number of hydrogen-bond donors (Lipinski definition) is 0. The van der Waals surface area contributed by atoms with Crippen LogP contribution in [0.15, 0.2) is 24.5 Å². The number of benzene rings is 1. The number of carbonyl (C=O) groups is 1. The molecule has 1 aromatic carbocycles. The molecule has 2 aromatic heterocycles. The summed E-state index contributed by atoms with van der Waals surface area (Å²) in [5.41, 5.74) is -0.162. The topological polar surface area (TPSA) is 86.0 Å². The summed E-state index contributed by atoms with van der Waals surface area (Å²) in [6.07, 6.45) is 2.49. The minimum atomic E-state index is -0.863. The maximum Gasteiger partial charge on any atom is 0.256 e. The third kappa shape index (κ3) is 2.68. The number of fused-ring (bicyclic) bond motifs is 1. The highest BCUT2D eigenvalue weighted by molar-refractivity contribution is 7.22. The number of anilines is 1. The molecule has 0 saturated carbocycles. The number of para-hydroxylation sites is 1. The monoisotopic (exact) mass is 378 g/mol. The quantitative estimate of drug-likeness (QED) is 0.693. The van der Waals surface area contributed by atoms with Crippen LogP contribution in [0, 0.1) is 0 Å². The summed E-state index contributed by atoms with van der Waals surface area (Å²) in [6.45, 7) is 0.955. The van der Waals surface area contributed by atoms with Crippen molar-refractivity contribution in [2.24, 2.45) is 0 Å². The van der Waals surface area contributed by atoms with Crippen molar-refractivity contribution in [2.75, 3.05) is 25.2 Å². The molecule has 1 aliphatic heterocycles. The van der Waals surface area contributed by atoms with E-state index in [-0.39, 0.29) is 5.91 Å². The SMILES string of the molecule is CN(C(=O)C1(n2cnnn2)CCOCC1)c1nc2c(Cl)cccc2s1. The molecule has 0 atom stereocenters. The Morgan fingerprint density at radius 3 is 2.88 bits per heavy atom. The van der Waals surface area contributed by atoms with E-state index < -0.39 is 5.54 Å². The normalized spacial score (nSPS) is 16.9. The van der Waals surface area contributed by atoms with Crippen LogP contribution in [0.25, 0.3) is 10.2 Å². The lowest BCUT2D eigenvalue weighted by Crippen LogP contribution is -2.53. The molecule has 0 bridgehead atoms. The van der Waals surface area contributed by atoms with E-state index in [1.165, 1.54) is 22.3 Å². The Morgan fingerprint density at radius 2 is 2.20 bits per heavy atom. The van der Waals surface area contributed by atoms with Crippen molar-refractivity contribution >= 4 is 44.2 Å². The second-order valence-corrected chi connectivity index (χ2v) is 7.26. The number of hydrogen-bond acceptors (Lipinski definition) is 7. The van der Waals surface area contributed by atoms with Gasteiger partial charge in [0.1, 0.15) is 17.4 Å². The molecule has 8 nitrogen and oxygen atoms in total. The molecule has 4 rings (SSSR count). The zero-order valence-corrected chi connectivity index (χ0v) is 15.0. The van der Waals surface area contributed by atoms with Gasteiger partial charge in [-0.3, -0.25) is 9.69 Å². The molecule has 1 aliphatic rings. The fraction of sp³-hybridized carbons (Fsp3) is 0.400. The molecule has 0 unspecified atom stereocenters. The first-order valence-electron chi connectivity index (χ1n) is 7.76. The molecule has 1 fully saturated rings. The van der Waals surface area contributed by atoms with Gasteiger partial charge in [0.2, 0.25) is 0 Å². The van der Waals surface area contributed by atoms with Crippen LogP contribution in [0.4, 0.5) is 5.13 Å². The van der Waals surface area contributed by atoms with Gasteiger partial charge in [0, 0.05) is 33.1 Å². The minimum absolute atomic E-state index is 0.113. The molecule has 1 amide bonds. The summed E-state index contributed by atoms with van der Waals surface area (Å²) in [5, 5.41) is 12.5. The Hall–Kier alpha value is -2.10. The van der Waals surface area contributed by atoms with E-state index in [4.69, 9.17) is 16.3 Å². The summed E-state index contributed by atoms with van der Waals surface area (Å²) < 4.78 is 7.91. The number of halogens is 1.